The van der Waals surface area contributed by atoms with E-state index in [4.69, 9.17) is 5.73 Å². The maximum Gasteiger partial charge on any atom is 0.141 e. The topological polar surface area (TPSA) is 51.8 Å². The highest BCUT2D eigenvalue weighted by molar-refractivity contribution is 5.71. The lowest BCUT2D eigenvalue weighted by Gasteiger charge is -2.08. The van der Waals surface area contributed by atoms with Gasteiger partial charge in [0.2, 0.25) is 0 Å². The molecule has 4 heteroatoms. The Morgan fingerprint density at radius 2 is 1.76 bits per heavy atom. The molecule has 0 aliphatic rings. The molecule has 2 aromatic carbocycles. The van der Waals surface area contributed by atoms with Crippen LogP contribution in [0.25, 0.3) is 22.4 Å². The summed E-state index contributed by atoms with van der Waals surface area (Å²) in [6.45, 7) is 2.01. The molecule has 3 aromatic rings. The Kier molecular flexibility index (Phi) is 3.36. The van der Waals surface area contributed by atoms with Crippen LogP contribution in [-0.2, 0) is 0 Å². The number of aryl methyl sites for hydroxylation is 1. The van der Waals surface area contributed by atoms with Gasteiger partial charge < -0.3 is 5.73 Å². The van der Waals surface area contributed by atoms with Crippen molar-refractivity contribution in [3.05, 3.63) is 66.2 Å². The molecule has 2 N–H and O–H groups in total. The molecule has 0 aliphatic carbocycles. The van der Waals surface area contributed by atoms with E-state index in [-0.39, 0.29) is 5.82 Å². The van der Waals surface area contributed by atoms with Crippen molar-refractivity contribution in [1.82, 2.24) is 9.97 Å². The molecule has 1 heterocycles. The molecule has 0 amide bonds. The molecular weight excluding hydrogens is 265 g/mol. The predicted octanol–water partition coefficient (Wildman–Crippen LogP) is 3.84. The van der Waals surface area contributed by atoms with Crippen molar-refractivity contribution in [3.8, 4) is 22.4 Å². The van der Waals surface area contributed by atoms with Crippen LogP contribution in [0.15, 0.2) is 54.9 Å². The highest BCUT2D eigenvalue weighted by Crippen LogP contribution is 2.28. The summed E-state index contributed by atoms with van der Waals surface area (Å²) in [4.78, 5) is 8.04. The van der Waals surface area contributed by atoms with E-state index in [9.17, 15) is 4.39 Å². The molecule has 1 aromatic heterocycles. The fourth-order valence-electron chi connectivity index (χ4n) is 2.26. The molecule has 0 saturated carbocycles. The van der Waals surface area contributed by atoms with Crippen molar-refractivity contribution in [2.24, 2.45) is 0 Å². The van der Waals surface area contributed by atoms with Crippen molar-refractivity contribution in [2.75, 3.05) is 5.73 Å². The first-order valence-electron chi connectivity index (χ1n) is 6.58. The van der Waals surface area contributed by atoms with Gasteiger partial charge in [-0.05, 0) is 35.7 Å². The summed E-state index contributed by atoms with van der Waals surface area (Å²) in [6.07, 6.45) is 2.89. The Morgan fingerprint density at radius 3 is 2.43 bits per heavy atom. The first kappa shape index (κ1) is 13.2. The Morgan fingerprint density at radius 1 is 0.952 bits per heavy atom. The number of hydrogen-bond donors (Lipinski definition) is 1. The van der Waals surface area contributed by atoms with Gasteiger partial charge in [0.1, 0.15) is 11.6 Å². The van der Waals surface area contributed by atoms with Crippen LogP contribution >= 0.6 is 0 Å². The standard InChI is InChI=1S/C17H14FN3/c1-11-4-2-3-5-13(11)12-6-7-14(15(18)8-12)16-9-21-17(19)10-20-16/h2-10H,1H3,(H2,19,21). The Balaban J connectivity index is 2.04. The fraction of sp³-hybridized carbons (Fsp3) is 0.0588. The zero-order valence-corrected chi connectivity index (χ0v) is 11.5. The first-order chi connectivity index (χ1) is 10.1. The van der Waals surface area contributed by atoms with Gasteiger partial charge in [0.05, 0.1) is 18.1 Å². The summed E-state index contributed by atoms with van der Waals surface area (Å²) >= 11 is 0. The second kappa shape index (κ2) is 5.32. The van der Waals surface area contributed by atoms with Crippen LogP contribution in [0.3, 0.4) is 0 Å². The van der Waals surface area contributed by atoms with E-state index >= 15 is 0 Å². The number of nitrogens with zero attached hydrogens (tertiary/aromatic N) is 2. The van der Waals surface area contributed by atoms with Crippen molar-refractivity contribution < 1.29 is 4.39 Å². The van der Waals surface area contributed by atoms with Gasteiger partial charge in [-0.15, -0.1) is 0 Å². The number of anilines is 1. The minimum atomic E-state index is -0.324. The minimum absolute atomic E-state index is 0.315. The van der Waals surface area contributed by atoms with Crippen LogP contribution in [0, 0.1) is 12.7 Å². The number of nitrogens with two attached hydrogens (primary N) is 1. The molecule has 21 heavy (non-hydrogen) atoms. The normalized spacial score (nSPS) is 10.6. The lowest BCUT2D eigenvalue weighted by Crippen LogP contribution is -1.94. The van der Waals surface area contributed by atoms with Crippen molar-refractivity contribution in [2.45, 2.75) is 6.92 Å². The van der Waals surface area contributed by atoms with E-state index < -0.39 is 0 Å². The van der Waals surface area contributed by atoms with Gasteiger partial charge in [-0.3, -0.25) is 4.98 Å². The lowest BCUT2D eigenvalue weighted by molar-refractivity contribution is 0.631. The van der Waals surface area contributed by atoms with E-state index in [0.717, 1.165) is 16.7 Å². The number of halogens is 1. The average molecular weight is 279 g/mol. The van der Waals surface area contributed by atoms with Gasteiger partial charge in [-0.1, -0.05) is 30.3 Å². The van der Waals surface area contributed by atoms with Crippen LogP contribution in [0.1, 0.15) is 5.56 Å². The van der Waals surface area contributed by atoms with Crippen molar-refractivity contribution in [1.29, 1.82) is 0 Å². The van der Waals surface area contributed by atoms with Gasteiger partial charge >= 0.3 is 0 Å². The van der Waals surface area contributed by atoms with E-state index in [1.54, 1.807) is 6.07 Å². The molecule has 0 bridgehead atoms. The van der Waals surface area contributed by atoms with E-state index in [1.807, 2.05) is 37.3 Å². The summed E-state index contributed by atoms with van der Waals surface area (Å²) in [5.74, 6) is -0.00878. The van der Waals surface area contributed by atoms with Crippen molar-refractivity contribution in [3.63, 3.8) is 0 Å². The molecule has 0 aliphatic heterocycles. The Labute approximate surface area is 122 Å². The highest BCUT2D eigenvalue weighted by atomic mass is 19.1. The molecule has 3 nitrogen and oxygen atoms in total. The molecular formula is C17H14FN3. The third-order valence-corrected chi connectivity index (χ3v) is 3.37. The summed E-state index contributed by atoms with van der Waals surface area (Å²) in [7, 11) is 0. The average Bonchev–Trinajstić information content (AvgIpc) is 2.49. The number of aromatic nitrogens is 2. The van der Waals surface area contributed by atoms with Crippen LogP contribution < -0.4 is 5.73 Å². The third kappa shape index (κ3) is 2.60. The maximum atomic E-state index is 14.4. The van der Waals surface area contributed by atoms with Gasteiger partial charge in [0, 0.05) is 5.56 Å². The minimum Gasteiger partial charge on any atom is -0.382 e. The monoisotopic (exact) mass is 279 g/mol. The maximum absolute atomic E-state index is 14.4. The molecule has 0 saturated heterocycles. The van der Waals surface area contributed by atoms with Gasteiger partial charge in [0.25, 0.3) is 0 Å². The molecule has 0 atom stereocenters. The number of benzene rings is 2. The van der Waals surface area contributed by atoms with Gasteiger partial charge in [-0.2, -0.15) is 0 Å². The summed E-state index contributed by atoms with van der Waals surface area (Å²) in [5, 5.41) is 0. The molecule has 3 rings (SSSR count). The smallest absolute Gasteiger partial charge is 0.141 e. The van der Waals surface area contributed by atoms with Crippen molar-refractivity contribution >= 4 is 5.82 Å². The predicted molar refractivity (Wildman–Crippen MR) is 82.0 cm³/mol. The summed E-state index contributed by atoms with van der Waals surface area (Å²) in [5.41, 5.74) is 9.35. The quantitative estimate of drug-likeness (QED) is 0.775. The molecule has 104 valence electrons. The third-order valence-electron chi connectivity index (χ3n) is 3.37. The zero-order chi connectivity index (χ0) is 14.8. The van der Waals surface area contributed by atoms with Crippen LogP contribution in [-0.4, -0.2) is 9.97 Å². The van der Waals surface area contributed by atoms with Gasteiger partial charge in [-0.25, -0.2) is 9.37 Å². The molecule has 0 fully saturated rings. The van der Waals surface area contributed by atoms with Crippen LogP contribution in [0.4, 0.5) is 10.2 Å². The molecule has 0 spiro atoms. The van der Waals surface area contributed by atoms with Crippen LogP contribution in [0.5, 0.6) is 0 Å². The van der Waals surface area contributed by atoms with Gasteiger partial charge in [0.15, 0.2) is 0 Å². The second-order valence-corrected chi connectivity index (χ2v) is 4.84. The second-order valence-electron chi connectivity index (χ2n) is 4.84. The Bertz CT molecular complexity index is 782. The zero-order valence-electron chi connectivity index (χ0n) is 11.5. The lowest BCUT2D eigenvalue weighted by atomic mass is 9.98. The first-order valence-corrected chi connectivity index (χ1v) is 6.58. The number of nitrogen functional groups attached to an aromatic ring is 1. The molecule has 0 radical (unpaired) electrons. The van der Waals surface area contributed by atoms with E-state index in [1.165, 1.54) is 18.5 Å². The number of rotatable bonds is 2. The number of hydrogen-bond acceptors (Lipinski definition) is 3. The van der Waals surface area contributed by atoms with E-state index in [0.29, 0.717) is 17.1 Å². The summed E-state index contributed by atoms with van der Waals surface area (Å²) < 4.78 is 14.4. The SMILES string of the molecule is Cc1ccccc1-c1ccc(-c2cnc(N)cn2)c(F)c1. The van der Waals surface area contributed by atoms with Crippen LogP contribution in [0.2, 0.25) is 0 Å². The Hall–Kier alpha value is -2.75. The largest absolute Gasteiger partial charge is 0.382 e. The highest BCUT2D eigenvalue weighted by Gasteiger charge is 2.09. The molecule has 0 unspecified atom stereocenters. The van der Waals surface area contributed by atoms with E-state index in [2.05, 4.69) is 9.97 Å². The fourth-order valence-corrected chi connectivity index (χ4v) is 2.26. The summed E-state index contributed by atoms with van der Waals surface area (Å²) in [6, 6.07) is 13.0.